The van der Waals surface area contributed by atoms with Gasteiger partial charge in [0.05, 0.1) is 25.5 Å². The van der Waals surface area contributed by atoms with E-state index in [1.165, 1.54) is 6.20 Å². The lowest BCUT2D eigenvalue weighted by atomic mass is 10.1. The topological polar surface area (TPSA) is 64.6 Å². The first-order chi connectivity index (χ1) is 12.2. The summed E-state index contributed by atoms with van der Waals surface area (Å²) in [6.45, 7) is 3.36. The SMILES string of the molecule is CC(c1ccc2c(c1)OCCCO2)N(C(=O)c1cnccn1)C1CC1. The van der Waals surface area contributed by atoms with Gasteiger partial charge in [-0.1, -0.05) is 6.07 Å². The van der Waals surface area contributed by atoms with E-state index in [1.807, 2.05) is 30.0 Å². The average molecular weight is 339 g/mol. The lowest BCUT2D eigenvalue weighted by Gasteiger charge is -2.29. The molecule has 130 valence electrons. The summed E-state index contributed by atoms with van der Waals surface area (Å²) in [4.78, 5) is 23.1. The highest BCUT2D eigenvalue weighted by molar-refractivity contribution is 5.92. The van der Waals surface area contributed by atoms with Crippen LogP contribution in [-0.4, -0.2) is 40.0 Å². The molecule has 0 saturated heterocycles. The summed E-state index contributed by atoms with van der Waals surface area (Å²) in [7, 11) is 0. The molecule has 2 aliphatic rings. The van der Waals surface area contributed by atoms with Crippen molar-refractivity contribution in [2.75, 3.05) is 13.2 Å². The molecule has 25 heavy (non-hydrogen) atoms. The number of fused-ring (bicyclic) bond motifs is 1. The number of hydrogen-bond donors (Lipinski definition) is 0. The Morgan fingerprint density at radius 3 is 2.72 bits per heavy atom. The number of carbonyl (C=O) groups is 1. The predicted molar refractivity (Wildman–Crippen MR) is 91.7 cm³/mol. The molecule has 1 fully saturated rings. The van der Waals surface area contributed by atoms with Crippen molar-refractivity contribution in [2.24, 2.45) is 0 Å². The lowest BCUT2D eigenvalue weighted by molar-refractivity contribution is 0.0667. The Labute approximate surface area is 146 Å². The second kappa shape index (κ2) is 6.70. The third-order valence-electron chi connectivity index (χ3n) is 4.63. The maximum absolute atomic E-state index is 13.0. The molecule has 2 aromatic rings. The van der Waals surface area contributed by atoms with Crippen LogP contribution in [0.4, 0.5) is 0 Å². The monoisotopic (exact) mass is 339 g/mol. The Balaban J connectivity index is 1.62. The van der Waals surface area contributed by atoms with E-state index in [-0.39, 0.29) is 18.0 Å². The first-order valence-electron chi connectivity index (χ1n) is 8.72. The maximum Gasteiger partial charge on any atom is 0.274 e. The molecular weight excluding hydrogens is 318 g/mol. The van der Waals surface area contributed by atoms with E-state index < -0.39 is 0 Å². The predicted octanol–water partition coefficient (Wildman–Crippen LogP) is 3.00. The van der Waals surface area contributed by atoms with E-state index in [9.17, 15) is 4.79 Å². The molecule has 0 bridgehead atoms. The number of nitrogens with zero attached hydrogens (tertiary/aromatic N) is 3. The fraction of sp³-hybridized carbons (Fsp3) is 0.421. The quantitative estimate of drug-likeness (QED) is 0.857. The van der Waals surface area contributed by atoms with E-state index in [1.54, 1.807) is 12.4 Å². The Hall–Kier alpha value is -2.63. The molecule has 1 aromatic carbocycles. The summed E-state index contributed by atoms with van der Waals surface area (Å²) in [6.07, 6.45) is 7.58. The molecule has 1 aliphatic carbocycles. The highest BCUT2D eigenvalue weighted by atomic mass is 16.5. The molecule has 4 rings (SSSR count). The van der Waals surface area contributed by atoms with Crippen molar-refractivity contribution < 1.29 is 14.3 Å². The number of carbonyl (C=O) groups excluding carboxylic acids is 1. The van der Waals surface area contributed by atoms with Crippen molar-refractivity contribution in [3.63, 3.8) is 0 Å². The van der Waals surface area contributed by atoms with E-state index in [0.717, 1.165) is 36.3 Å². The zero-order chi connectivity index (χ0) is 17.2. The summed E-state index contributed by atoms with van der Waals surface area (Å²) < 4.78 is 11.5. The number of ether oxygens (including phenoxy) is 2. The minimum atomic E-state index is -0.0739. The largest absolute Gasteiger partial charge is 0.490 e. The maximum atomic E-state index is 13.0. The third kappa shape index (κ3) is 3.29. The van der Waals surface area contributed by atoms with E-state index >= 15 is 0 Å². The number of rotatable bonds is 4. The first-order valence-corrected chi connectivity index (χ1v) is 8.72. The van der Waals surface area contributed by atoms with Gasteiger partial charge in [0.25, 0.3) is 5.91 Å². The van der Waals surface area contributed by atoms with Crippen LogP contribution >= 0.6 is 0 Å². The van der Waals surface area contributed by atoms with Crippen LogP contribution in [0.5, 0.6) is 11.5 Å². The molecule has 6 nitrogen and oxygen atoms in total. The zero-order valence-electron chi connectivity index (χ0n) is 14.2. The van der Waals surface area contributed by atoms with Gasteiger partial charge in [0.15, 0.2) is 11.5 Å². The van der Waals surface area contributed by atoms with Gasteiger partial charge >= 0.3 is 0 Å². The standard InChI is InChI=1S/C19H21N3O3/c1-13(14-3-6-17-18(11-14)25-10-2-9-24-17)22(15-4-5-15)19(23)16-12-20-7-8-21-16/h3,6-8,11-13,15H,2,4-5,9-10H2,1H3. The Morgan fingerprint density at radius 1 is 1.20 bits per heavy atom. The highest BCUT2D eigenvalue weighted by Gasteiger charge is 2.37. The van der Waals surface area contributed by atoms with Crippen molar-refractivity contribution in [3.05, 3.63) is 48.0 Å². The van der Waals surface area contributed by atoms with Gasteiger partial charge < -0.3 is 14.4 Å². The molecule has 1 saturated carbocycles. The van der Waals surface area contributed by atoms with Crippen LogP contribution in [-0.2, 0) is 0 Å². The molecule has 2 heterocycles. The van der Waals surface area contributed by atoms with Gasteiger partial charge in [0.1, 0.15) is 5.69 Å². The Bertz CT molecular complexity index is 762. The highest BCUT2D eigenvalue weighted by Crippen LogP contribution is 2.38. The van der Waals surface area contributed by atoms with Gasteiger partial charge in [-0.15, -0.1) is 0 Å². The second-order valence-corrected chi connectivity index (χ2v) is 6.47. The lowest BCUT2D eigenvalue weighted by Crippen LogP contribution is -2.36. The Kier molecular flexibility index (Phi) is 4.26. The summed E-state index contributed by atoms with van der Waals surface area (Å²) >= 11 is 0. The molecule has 1 amide bonds. The fourth-order valence-corrected chi connectivity index (χ4v) is 3.15. The normalized spacial score (nSPS) is 17.5. The van der Waals surface area contributed by atoms with Crippen molar-refractivity contribution in [1.82, 2.24) is 14.9 Å². The van der Waals surface area contributed by atoms with Crippen molar-refractivity contribution in [1.29, 1.82) is 0 Å². The van der Waals surface area contributed by atoms with Crippen LogP contribution < -0.4 is 9.47 Å². The van der Waals surface area contributed by atoms with Crippen LogP contribution in [0.3, 0.4) is 0 Å². The van der Waals surface area contributed by atoms with Crippen LogP contribution in [0.25, 0.3) is 0 Å². The second-order valence-electron chi connectivity index (χ2n) is 6.47. The molecule has 6 heteroatoms. The van der Waals surface area contributed by atoms with Crippen molar-refractivity contribution in [2.45, 2.75) is 38.3 Å². The van der Waals surface area contributed by atoms with E-state index in [4.69, 9.17) is 9.47 Å². The molecular formula is C19H21N3O3. The van der Waals surface area contributed by atoms with Gasteiger partial charge in [0, 0.05) is 24.9 Å². The Morgan fingerprint density at radius 2 is 2.00 bits per heavy atom. The summed E-state index contributed by atoms with van der Waals surface area (Å²) in [6, 6.07) is 6.13. The molecule has 1 aromatic heterocycles. The molecule has 0 N–H and O–H groups in total. The summed E-state index contributed by atoms with van der Waals surface area (Å²) in [5, 5.41) is 0. The van der Waals surface area contributed by atoms with Crippen LogP contribution in [0, 0.1) is 0 Å². The number of amides is 1. The number of aromatic nitrogens is 2. The van der Waals surface area contributed by atoms with Gasteiger partial charge in [0.2, 0.25) is 0 Å². The number of benzene rings is 1. The van der Waals surface area contributed by atoms with Gasteiger partial charge in [-0.3, -0.25) is 9.78 Å². The van der Waals surface area contributed by atoms with Crippen molar-refractivity contribution in [3.8, 4) is 11.5 Å². The van der Waals surface area contributed by atoms with Crippen LogP contribution in [0.1, 0.15) is 48.3 Å². The molecule has 1 aliphatic heterocycles. The van der Waals surface area contributed by atoms with Gasteiger partial charge in [-0.2, -0.15) is 0 Å². The molecule has 0 spiro atoms. The third-order valence-corrected chi connectivity index (χ3v) is 4.63. The summed E-state index contributed by atoms with van der Waals surface area (Å²) in [5.41, 5.74) is 1.42. The molecule has 1 unspecified atom stereocenters. The van der Waals surface area contributed by atoms with Crippen LogP contribution in [0.2, 0.25) is 0 Å². The zero-order valence-corrected chi connectivity index (χ0v) is 14.2. The van der Waals surface area contributed by atoms with Gasteiger partial charge in [-0.25, -0.2) is 4.98 Å². The van der Waals surface area contributed by atoms with E-state index in [2.05, 4.69) is 9.97 Å². The van der Waals surface area contributed by atoms with E-state index in [0.29, 0.717) is 18.9 Å². The average Bonchev–Trinajstić information content (AvgIpc) is 3.49. The minimum Gasteiger partial charge on any atom is -0.490 e. The van der Waals surface area contributed by atoms with Gasteiger partial charge in [-0.05, 0) is 37.5 Å². The molecule has 0 radical (unpaired) electrons. The smallest absolute Gasteiger partial charge is 0.274 e. The van der Waals surface area contributed by atoms with Crippen molar-refractivity contribution >= 4 is 5.91 Å². The summed E-state index contributed by atoms with van der Waals surface area (Å²) in [5.74, 6) is 1.45. The van der Waals surface area contributed by atoms with Crippen LogP contribution in [0.15, 0.2) is 36.8 Å². The fourth-order valence-electron chi connectivity index (χ4n) is 3.15. The molecule has 1 atom stereocenters. The minimum absolute atomic E-state index is 0.0702. The number of hydrogen-bond acceptors (Lipinski definition) is 5. The first kappa shape index (κ1) is 15.9.